The van der Waals surface area contributed by atoms with E-state index in [-0.39, 0.29) is 5.03 Å². The maximum Gasteiger partial charge on any atom is 0.262 e. The number of nitrogens with one attached hydrogen (secondary N) is 1. The fourth-order valence-electron chi connectivity index (χ4n) is 2.53. The molecule has 0 aliphatic carbocycles. The van der Waals surface area contributed by atoms with Crippen molar-refractivity contribution in [1.29, 1.82) is 0 Å². The Labute approximate surface area is 121 Å². The SMILES string of the molecule is CCN(CC1CCNCC1)S(=O)(=O)c1cn(C)c(C)n1. The van der Waals surface area contributed by atoms with E-state index in [0.29, 0.717) is 24.8 Å². The van der Waals surface area contributed by atoms with Gasteiger partial charge in [-0.15, -0.1) is 0 Å². The van der Waals surface area contributed by atoms with E-state index in [4.69, 9.17) is 0 Å². The molecule has 0 unspecified atom stereocenters. The third-order valence-corrected chi connectivity index (χ3v) is 5.78. The summed E-state index contributed by atoms with van der Waals surface area (Å²) in [6, 6.07) is 0. The van der Waals surface area contributed by atoms with Crippen molar-refractivity contribution in [2.75, 3.05) is 26.2 Å². The van der Waals surface area contributed by atoms with E-state index in [9.17, 15) is 8.42 Å². The van der Waals surface area contributed by atoms with Gasteiger partial charge in [0.05, 0.1) is 0 Å². The Morgan fingerprint density at radius 1 is 1.45 bits per heavy atom. The molecule has 0 bridgehead atoms. The molecule has 2 rings (SSSR count). The van der Waals surface area contributed by atoms with E-state index in [1.807, 2.05) is 20.9 Å². The van der Waals surface area contributed by atoms with Gasteiger partial charge in [-0.05, 0) is 38.8 Å². The lowest BCUT2D eigenvalue weighted by Gasteiger charge is -2.28. The van der Waals surface area contributed by atoms with Crippen LogP contribution in [0.5, 0.6) is 0 Å². The molecule has 0 aromatic carbocycles. The number of piperidine rings is 1. The minimum atomic E-state index is -3.47. The molecule has 1 N–H and O–H groups in total. The first kappa shape index (κ1) is 15.5. The number of aryl methyl sites for hydroxylation is 2. The van der Waals surface area contributed by atoms with Crippen molar-refractivity contribution in [3.05, 3.63) is 12.0 Å². The Hall–Kier alpha value is -0.920. The first-order valence-electron chi connectivity index (χ1n) is 7.16. The summed E-state index contributed by atoms with van der Waals surface area (Å²) in [6.45, 7) is 6.73. The van der Waals surface area contributed by atoms with Gasteiger partial charge in [-0.25, -0.2) is 13.4 Å². The van der Waals surface area contributed by atoms with Gasteiger partial charge in [0, 0.05) is 26.3 Å². The van der Waals surface area contributed by atoms with E-state index < -0.39 is 10.0 Å². The van der Waals surface area contributed by atoms with E-state index in [0.717, 1.165) is 25.9 Å². The molecule has 1 aliphatic heterocycles. The summed E-state index contributed by atoms with van der Waals surface area (Å²) in [4.78, 5) is 4.16. The molecule has 0 amide bonds. The highest BCUT2D eigenvalue weighted by atomic mass is 32.2. The van der Waals surface area contributed by atoms with Crippen LogP contribution >= 0.6 is 0 Å². The molecule has 114 valence electrons. The summed E-state index contributed by atoms with van der Waals surface area (Å²) < 4.78 is 28.6. The molecule has 6 nitrogen and oxygen atoms in total. The van der Waals surface area contributed by atoms with E-state index in [2.05, 4.69) is 10.3 Å². The van der Waals surface area contributed by atoms with Crippen LogP contribution in [-0.2, 0) is 17.1 Å². The Kier molecular flexibility index (Phi) is 4.82. The molecule has 0 saturated carbocycles. The summed E-state index contributed by atoms with van der Waals surface area (Å²) >= 11 is 0. The smallest absolute Gasteiger partial charge is 0.262 e. The third-order valence-electron chi connectivity index (χ3n) is 3.96. The quantitative estimate of drug-likeness (QED) is 0.871. The highest BCUT2D eigenvalue weighted by molar-refractivity contribution is 7.89. The first-order chi connectivity index (χ1) is 9.45. The van der Waals surface area contributed by atoms with Gasteiger partial charge in [0.2, 0.25) is 0 Å². The second-order valence-corrected chi connectivity index (χ2v) is 7.27. The zero-order valence-corrected chi connectivity index (χ0v) is 13.3. The summed E-state index contributed by atoms with van der Waals surface area (Å²) in [5, 5.41) is 3.46. The lowest BCUT2D eigenvalue weighted by molar-refractivity contribution is 0.294. The molecule has 1 aromatic heterocycles. The van der Waals surface area contributed by atoms with Gasteiger partial charge in [-0.1, -0.05) is 6.92 Å². The van der Waals surface area contributed by atoms with Crippen molar-refractivity contribution in [3.8, 4) is 0 Å². The van der Waals surface area contributed by atoms with Crippen LogP contribution in [0, 0.1) is 12.8 Å². The van der Waals surface area contributed by atoms with Crippen molar-refractivity contribution in [2.45, 2.75) is 31.7 Å². The third kappa shape index (κ3) is 3.21. The Balaban J connectivity index is 2.16. The minimum absolute atomic E-state index is 0.160. The zero-order valence-electron chi connectivity index (χ0n) is 12.5. The average molecular weight is 300 g/mol. The molecule has 1 aromatic rings. The normalized spacial score (nSPS) is 17.8. The van der Waals surface area contributed by atoms with Crippen molar-refractivity contribution in [2.24, 2.45) is 13.0 Å². The molecule has 2 heterocycles. The van der Waals surface area contributed by atoms with Crippen LogP contribution in [0.3, 0.4) is 0 Å². The Bertz CT molecular complexity index is 527. The number of hydrogen-bond acceptors (Lipinski definition) is 4. The second kappa shape index (κ2) is 6.24. The molecule has 1 aliphatic rings. The second-order valence-electron chi connectivity index (χ2n) is 5.39. The zero-order chi connectivity index (χ0) is 14.8. The maximum absolute atomic E-state index is 12.6. The molecule has 20 heavy (non-hydrogen) atoms. The van der Waals surface area contributed by atoms with Crippen LogP contribution in [0.2, 0.25) is 0 Å². The van der Waals surface area contributed by atoms with Gasteiger partial charge >= 0.3 is 0 Å². The number of sulfonamides is 1. The standard InChI is InChI=1S/C13H24N4O2S/c1-4-17(9-12-5-7-14-8-6-12)20(18,19)13-10-16(3)11(2)15-13/h10,12,14H,4-9H2,1-3H3. The van der Waals surface area contributed by atoms with Gasteiger partial charge in [-0.3, -0.25) is 0 Å². The molecule has 7 heteroatoms. The summed E-state index contributed by atoms with van der Waals surface area (Å²) in [6.07, 6.45) is 3.66. The van der Waals surface area contributed by atoms with Crippen molar-refractivity contribution >= 4 is 10.0 Å². The summed E-state index contributed by atoms with van der Waals surface area (Å²) in [7, 11) is -1.66. The number of aromatic nitrogens is 2. The lowest BCUT2D eigenvalue weighted by atomic mass is 9.98. The molecular weight excluding hydrogens is 276 g/mol. The van der Waals surface area contributed by atoms with E-state index in [1.54, 1.807) is 15.1 Å². The van der Waals surface area contributed by atoms with Gasteiger partial charge in [-0.2, -0.15) is 4.31 Å². The van der Waals surface area contributed by atoms with Crippen molar-refractivity contribution in [1.82, 2.24) is 19.2 Å². The summed E-state index contributed by atoms with van der Waals surface area (Å²) in [5.74, 6) is 1.15. The Morgan fingerprint density at radius 2 is 2.10 bits per heavy atom. The number of hydrogen-bond donors (Lipinski definition) is 1. The molecule has 0 spiro atoms. The van der Waals surface area contributed by atoms with Crippen molar-refractivity contribution < 1.29 is 8.42 Å². The molecule has 1 saturated heterocycles. The van der Waals surface area contributed by atoms with Crippen LogP contribution < -0.4 is 5.32 Å². The number of nitrogens with zero attached hydrogens (tertiary/aromatic N) is 3. The van der Waals surface area contributed by atoms with Gasteiger partial charge in [0.1, 0.15) is 5.82 Å². The predicted molar refractivity (Wildman–Crippen MR) is 78.0 cm³/mol. The molecule has 0 radical (unpaired) electrons. The van der Waals surface area contributed by atoms with Crippen LogP contribution in [0.4, 0.5) is 0 Å². The fourth-order valence-corrected chi connectivity index (χ4v) is 4.08. The van der Waals surface area contributed by atoms with Crippen LogP contribution in [0.25, 0.3) is 0 Å². The van der Waals surface area contributed by atoms with Gasteiger partial charge in [0.15, 0.2) is 5.03 Å². The van der Waals surface area contributed by atoms with Gasteiger partial charge < -0.3 is 9.88 Å². The minimum Gasteiger partial charge on any atom is -0.337 e. The number of imidazole rings is 1. The monoisotopic (exact) mass is 300 g/mol. The molecule has 1 fully saturated rings. The van der Waals surface area contributed by atoms with E-state index in [1.165, 1.54) is 0 Å². The van der Waals surface area contributed by atoms with Gasteiger partial charge in [0.25, 0.3) is 10.0 Å². The molecule has 0 atom stereocenters. The lowest BCUT2D eigenvalue weighted by Crippen LogP contribution is -2.39. The van der Waals surface area contributed by atoms with Crippen molar-refractivity contribution in [3.63, 3.8) is 0 Å². The summed E-state index contributed by atoms with van der Waals surface area (Å²) in [5.41, 5.74) is 0. The first-order valence-corrected chi connectivity index (χ1v) is 8.60. The van der Waals surface area contributed by atoms with Crippen LogP contribution in [0.1, 0.15) is 25.6 Å². The highest BCUT2D eigenvalue weighted by Gasteiger charge is 2.28. The molecular formula is C13H24N4O2S. The fraction of sp³-hybridized carbons (Fsp3) is 0.769. The van der Waals surface area contributed by atoms with E-state index >= 15 is 0 Å². The highest BCUT2D eigenvalue weighted by Crippen LogP contribution is 2.19. The maximum atomic E-state index is 12.6. The van der Waals surface area contributed by atoms with Crippen LogP contribution in [0.15, 0.2) is 11.2 Å². The largest absolute Gasteiger partial charge is 0.337 e. The number of rotatable bonds is 5. The Morgan fingerprint density at radius 3 is 2.60 bits per heavy atom. The average Bonchev–Trinajstić information content (AvgIpc) is 2.78. The van der Waals surface area contributed by atoms with Crippen LogP contribution in [-0.4, -0.2) is 48.5 Å². The topological polar surface area (TPSA) is 67.2 Å². The predicted octanol–water partition coefficient (Wildman–Crippen LogP) is 0.739.